The van der Waals surface area contributed by atoms with E-state index in [2.05, 4.69) is 4.98 Å². The van der Waals surface area contributed by atoms with Crippen molar-refractivity contribution in [1.29, 1.82) is 0 Å². The Kier molecular flexibility index (Phi) is 2.64. The predicted octanol–water partition coefficient (Wildman–Crippen LogP) is 1.04. The van der Waals surface area contributed by atoms with Gasteiger partial charge in [-0.3, -0.25) is 0 Å². The van der Waals surface area contributed by atoms with Crippen molar-refractivity contribution in [2.24, 2.45) is 5.73 Å². The van der Waals surface area contributed by atoms with E-state index < -0.39 is 15.1 Å². The van der Waals surface area contributed by atoms with Crippen LogP contribution >= 0.6 is 0 Å². The molecule has 2 aromatic rings. The van der Waals surface area contributed by atoms with E-state index in [1.54, 1.807) is 0 Å². The first-order chi connectivity index (χ1) is 8.60. The maximum Gasteiger partial charge on any atom is 0.158 e. The van der Waals surface area contributed by atoms with Crippen LogP contribution < -0.4 is 5.73 Å². The summed E-state index contributed by atoms with van der Waals surface area (Å²) in [5.41, 5.74) is 7.99. The quantitative estimate of drug-likeness (QED) is 0.880. The number of sulfone groups is 1. The minimum absolute atomic E-state index is 0.277. The summed E-state index contributed by atoms with van der Waals surface area (Å²) in [6.07, 6.45) is 5.09. The maximum absolute atomic E-state index is 11.9. The largest absolute Gasteiger partial charge is 0.326 e. The van der Waals surface area contributed by atoms with Crippen LogP contribution in [0.15, 0.2) is 24.5 Å². The molecule has 5 nitrogen and oxygen atoms in total. The van der Waals surface area contributed by atoms with Crippen molar-refractivity contribution in [3.05, 3.63) is 35.8 Å². The number of fused-ring (bicyclic) bond motifs is 1. The molecule has 1 atom stereocenters. The molecule has 3 rings (SSSR count). The summed E-state index contributed by atoms with van der Waals surface area (Å²) >= 11 is 0. The summed E-state index contributed by atoms with van der Waals surface area (Å²) in [7, 11) is -3.00. The van der Waals surface area contributed by atoms with E-state index in [1.807, 2.05) is 28.9 Å². The highest BCUT2D eigenvalue weighted by atomic mass is 32.2. The van der Waals surface area contributed by atoms with Crippen LogP contribution in [0, 0.1) is 0 Å². The van der Waals surface area contributed by atoms with Crippen molar-refractivity contribution in [2.45, 2.75) is 24.6 Å². The van der Waals surface area contributed by atoms with Gasteiger partial charge in [0.05, 0.1) is 11.4 Å². The van der Waals surface area contributed by atoms with Crippen molar-refractivity contribution in [1.82, 2.24) is 9.38 Å². The molecule has 6 heteroatoms. The van der Waals surface area contributed by atoms with E-state index in [0.717, 1.165) is 17.6 Å². The van der Waals surface area contributed by atoms with Gasteiger partial charge in [0.15, 0.2) is 9.84 Å². The second-order valence-electron chi connectivity index (χ2n) is 4.67. The average molecular weight is 265 g/mol. The second kappa shape index (κ2) is 4.07. The monoisotopic (exact) mass is 265 g/mol. The third-order valence-electron chi connectivity index (χ3n) is 3.44. The minimum atomic E-state index is -3.00. The lowest BCUT2D eigenvalue weighted by Crippen LogP contribution is -2.08. The Morgan fingerprint density at radius 2 is 2.33 bits per heavy atom. The van der Waals surface area contributed by atoms with Crippen molar-refractivity contribution >= 4 is 15.5 Å². The Hall–Kier alpha value is -1.40. The summed E-state index contributed by atoms with van der Waals surface area (Å²) in [5, 5.41) is -0.432. The van der Waals surface area contributed by atoms with Crippen molar-refractivity contribution in [3.63, 3.8) is 0 Å². The zero-order chi connectivity index (χ0) is 12.8. The van der Waals surface area contributed by atoms with Gasteiger partial charge in [0.1, 0.15) is 10.9 Å². The lowest BCUT2D eigenvalue weighted by atomic mass is 10.2. The molecule has 1 fully saturated rings. The summed E-state index contributed by atoms with van der Waals surface area (Å²) in [4.78, 5) is 4.43. The molecule has 0 radical (unpaired) electrons. The van der Waals surface area contributed by atoms with Gasteiger partial charge < -0.3 is 10.1 Å². The molecule has 0 aromatic carbocycles. The highest BCUT2D eigenvalue weighted by molar-refractivity contribution is 7.91. The van der Waals surface area contributed by atoms with Gasteiger partial charge in [0, 0.05) is 18.9 Å². The molecule has 0 bridgehead atoms. The van der Waals surface area contributed by atoms with Gasteiger partial charge >= 0.3 is 0 Å². The molecule has 2 aromatic heterocycles. The minimum Gasteiger partial charge on any atom is -0.326 e. The molecule has 0 aliphatic carbocycles. The number of pyridine rings is 1. The fraction of sp³-hybridized carbons (Fsp3) is 0.417. The second-order valence-corrected chi connectivity index (χ2v) is 6.97. The molecule has 96 valence electrons. The van der Waals surface area contributed by atoms with Crippen LogP contribution in [0.4, 0.5) is 0 Å². The molecule has 3 heterocycles. The van der Waals surface area contributed by atoms with E-state index >= 15 is 0 Å². The summed E-state index contributed by atoms with van der Waals surface area (Å²) in [5.74, 6) is 0.277. The van der Waals surface area contributed by atoms with Gasteiger partial charge in [-0.05, 0) is 30.5 Å². The molecule has 0 saturated carbocycles. The van der Waals surface area contributed by atoms with Crippen LogP contribution in [0.5, 0.6) is 0 Å². The Balaban J connectivity index is 2.08. The molecule has 18 heavy (non-hydrogen) atoms. The molecule has 1 saturated heterocycles. The van der Waals surface area contributed by atoms with Crippen LogP contribution in [0.2, 0.25) is 0 Å². The van der Waals surface area contributed by atoms with Gasteiger partial charge in [0.25, 0.3) is 0 Å². The van der Waals surface area contributed by atoms with Crippen molar-refractivity contribution < 1.29 is 8.42 Å². The molecule has 1 unspecified atom stereocenters. The van der Waals surface area contributed by atoms with Crippen molar-refractivity contribution in [2.75, 3.05) is 5.75 Å². The lowest BCUT2D eigenvalue weighted by molar-refractivity contribution is 0.591. The van der Waals surface area contributed by atoms with Gasteiger partial charge in [-0.15, -0.1) is 0 Å². The first-order valence-corrected chi connectivity index (χ1v) is 7.71. The Morgan fingerprint density at radius 3 is 3.00 bits per heavy atom. The van der Waals surface area contributed by atoms with E-state index in [0.29, 0.717) is 18.7 Å². The molecule has 1 aliphatic heterocycles. The summed E-state index contributed by atoms with van der Waals surface area (Å²) in [6.45, 7) is 0.459. The van der Waals surface area contributed by atoms with Gasteiger partial charge in [-0.25, -0.2) is 13.4 Å². The van der Waals surface area contributed by atoms with E-state index in [-0.39, 0.29) is 5.75 Å². The third-order valence-corrected chi connectivity index (χ3v) is 5.64. The van der Waals surface area contributed by atoms with Crippen LogP contribution in [-0.2, 0) is 16.4 Å². The van der Waals surface area contributed by atoms with E-state index in [4.69, 9.17) is 5.73 Å². The number of hydrogen-bond acceptors (Lipinski definition) is 4. The van der Waals surface area contributed by atoms with Crippen molar-refractivity contribution in [3.8, 4) is 0 Å². The number of rotatable bonds is 2. The highest BCUT2D eigenvalue weighted by Crippen LogP contribution is 2.33. The standard InChI is InChI=1S/C12H15N3O2S/c13-7-9-3-4-15-8-10(14-12(15)6-9)11-2-1-5-18(11,16)17/h3-4,6,8,11H,1-2,5,7,13H2. The van der Waals surface area contributed by atoms with E-state index in [1.165, 1.54) is 0 Å². The highest BCUT2D eigenvalue weighted by Gasteiger charge is 2.34. The third kappa shape index (κ3) is 1.81. The molecular formula is C12H15N3O2S. The van der Waals surface area contributed by atoms with Gasteiger partial charge in [-0.1, -0.05) is 0 Å². The molecule has 2 N–H and O–H groups in total. The number of aromatic nitrogens is 2. The summed E-state index contributed by atoms with van der Waals surface area (Å²) < 4.78 is 25.6. The Bertz CT molecular complexity index is 690. The zero-order valence-corrected chi connectivity index (χ0v) is 10.7. The van der Waals surface area contributed by atoms with E-state index in [9.17, 15) is 8.42 Å². The fourth-order valence-electron chi connectivity index (χ4n) is 2.45. The normalized spacial score (nSPS) is 22.6. The molecule has 1 aliphatic rings. The molecule has 0 amide bonds. The lowest BCUT2D eigenvalue weighted by Gasteiger charge is -2.03. The Morgan fingerprint density at radius 1 is 1.50 bits per heavy atom. The van der Waals surface area contributed by atoms with Gasteiger partial charge in [-0.2, -0.15) is 0 Å². The van der Waals surface area contributed by atoms with Crippen LogP contribution in [0.1, 0.15) is 29.3 Å². The van der Waals surface area contributed by atoms with Crippen LogP contribution in [-0.4, -0.2) is 23.6 Å². The van der Waals surface area contributed by atoms with Gasteiger partial charge in [0.2, 0.25) is 0 Å². The SMILES string of the molecule is NCc1ccn2cc(C3CCCS3(=O)=O)nc2c1. The topological polar surface area (TPSA) is 77.5 Å². The fourth-order valence-corrected chi connectivity index (χ4v) is 4.31. The van der Waals surface area contributed by atoms with Crippen LogP contribution in [0.3, 0.4) is 0 Å². The maximum atomic E-state index is 11.9. The summed E-state index contributed by atoms with van der Waals surface area (Å²) in [6, 6.07) is 3.81. The number of hydrogen-bond donors (Lipinski definition) is 1. The molecular weight excluding hydrogens is 250 g/mol. The predicted molar refractivity (Wildman–Crippen MR) is 68.8 cm³/mol. The zero-order valence-electron chi connectivity index (χ0n) is 9.91. The number of imidazole rings is 1. The average Bonchev–Trinajstić information content (AvgIpc) is 2.90. The first kappa shape index (κ1) is 11.7. The smallest absolute Gasteiger partial charge is 0.158 e. The number of nitrogens with zero attached hydrogens (tertiary/aromatic N) is 2. The Labute approximate surface area is 106 Å². The molecule has 0 spiro atoms. The first-order valence-electron chi connectivity index (χ1n) is 5.99. The number of nitrogens with two attached hydrogens (primary N) is 1. The van der Waals surface area contributed by atoms with Crippen LogP contribution in [0.25, 0.3) is 5.65 Å².